The number of hydrogen-bond donors (Lipinski definition) is 1. The van der Waals surface area contributed by atoms with Gasteiger partial charge in [-0.05, 0) is 43.2 Å². The van der Waals surface area contributed by atoms with Gasteiger partial charge >= 0.3 is 0 Å². The molecule has 24 heavy (non-hydrogen) atoms. The van der Waals surface area contributed by atoms with Crippen molar-refractivity contribution in [1.29, 1.82) is 0 Å². The maximum Gasteiger partial charge on any atom is 0.256 e. The molecule has 0 aliphatic carbocycles. The van der Waals surface area contributed by atoms with E-state index in [1.54, 1.807) is 18.3 Å². The van der Waals surface area contributed by atoms with Crippen LogP contribution in [0.4, 0.5) is 0 Å². The van der Waals surface area contributed by atoms with Crippen LogP contribution in [0.3, 0.4) is 0 Å². The van der Waals surface area contributed by atoms with E-state index in [0.717, 1.165) is 24.2 Å². The Kier molecular flexibility index (Phi) is 5.00. The van der Waals surface area contributed by atoms with E-state index in [9.17, 15) is 4.79 Å². The van der Waals surface area contributed by atoms with Crippen LogP contribution in [0.15, 0.2) is 36.5 Å². The van der Waals surface area contributed by atoms with E-state index in [0.29, 0.717) is 23.3 Å². The zero-order valence-electron chi connectivity index (χ0n) is 14.0. The fourth-order valence-electron chi connectivity index (χ4n) is 2.95. The van der Waals surface area contributed by atoms with Gasteiger partial charge in [-0.3, -0.25) is 4.79 Å². The second-order valence-corrected chi connectivity index (χ2v) is 6.70. The minimum atomic E-state index is 0.00189. The number of carbonyl (C=O) groups excluding carboxylic acids is 1. The number of H-pyrrole nitrogens is 1. The Morgan fingerprint density at radius 1 is 1.25 bits per heavy atom. The number of amides is 1. The predicted octanol–water partition coefficient (Wildman–Crippen LogP) is 4.04. The standard InChI is InChI=1S/C19H22N2O2S/c1-13-5-6-14(2)17(12-13)23-15-7-10-21(11-8-15)19(22)16-4-3-9-20-18(16)24/h3-6,9,12,15H,7-8,10-11H2,1-2H3,(H,20,24). The molecule has 0 bridgehead atoms. The molecule has 0 saturated carbocycles. The summed E-state index contributed by atoms with van der Waals surface area (Å²) < 4.78 is 6.66. The van der Waals surface area contributed by atoms with Gasteiger partial charge in [0.05, 0.1) is 5.56 Å². The van der Waals surface area contributed by atoms with Crippen molar-refractivity contribution in [3.63, 3.8) is 0 Å². The first-order chi connectivity index (χ1) is 11.5. The summed E-state index contributed by atoms with van der Waals surface area (Å²) >= 11 is 5.21. The molecule has 1 amide bonds. The topological polar surface area (TPSA) is 45.3 Å². The summed E-state index contributed by atoms with van der Waals surface area (Å²) in [4.78, 5) is 17.4. The van der Waals surface area contributed by atoms with Gasteiger partial charge in [0, 0.05) is 32.1 Å². The fraction of sp³-hybridized carbons (Fsp3) is 0.368. The van der Waals surface area contributed by atoms with Crippen molar-refractivity contribution in [2.45, 2.75) is 32.8 Å². The van der Waals surface area contributed by atoms with Gasteiger partial charge in [0.25, 0.3) is 5.91 Å². The molecule has 1 aliphatic heterocycles. The van der Waals surface area contributed by atoms with E-state index >= 15 is 0 Å². The number of nitrogens with zero attached hydrogens (tertiary/aromatic N) is 1. The number of benzene rings is 1. The number of likely N-dealkylation sites (tertiary alicyclic amines) is 1. The molecule has 1 saturated heterocycles. The summed E-state index contributed by atoms with van der Waals surface area (Å²) in [5.41, 5.74) is 2.91. The molecule has 1 aliphatic rings. The maximum atomic E-state index is 12.6. The van der Waals surface area contributed by atoms with Crippen LogP contribution in [0, 0.1) is 18.5 Å². The average Bonchev–Trinajstić information content (AvgIpc) is 2.59. The number of aromatic nitrogens is 1. The molecule has 0 spiro atoms. The number of ether oxygens (including phenoxy) is 1. The highest BCUT2D eigenvalue weighted by atomic mass is 32.1. The Balaban J connectivity index is 1.62. The number of aromatic amines is 1. The van der Waals surface area contributed by atoms with E-state index in [-0.39, 0.29) is 12.0 Å². The zero-order chi connectivity index (χ0) is 17.1. The summed E-state index contributed by atoms with van der Waals surface area (Å²) in [5, 5.41) is 0. The molecule has 1 N–H and O–H groups in total. The summed E-state index contributed by atoms with van der Waals surface area (Å²) in [5.74, 6) is 0.951. The van der Waals surface area contributed by atoms with Crippen molar-refractivity contribution >= 4 is 18.1 Å². The van der Waals surface area contributed by atoms with E-state index < -0.39 is 0 Å². The van der Waals surface area contributed by atoms with Crippen LogP contribution in [0.25, 0.3) is 0 Å². The van der Waals surface area contributed by atoms with Crippen molar-refractivity contribution < 1.29 is 9.53 Å². The number of pyridine rings is 1. The zero-order valence-corrected chi connectivity index (χ0v) is 14.9. The number of carbonyl (C=O) groups is 1. The third kappa shape index (κ3) is 3.67. The van der Waals surface area contributed by atoms with Crippen molar-refractivity contribution in [2.75, 3.05) is 13.1 Å². The highest BCUT2D eigenvalue weighted by molar-refractivity contribution is 7.71. The molecule has 126 valence electrons. The molecule has 1 fully saturated rings. The lowest BCUT2D eigenvalue weighted by Gasteiger charge is -2.32. The predicted molar refractivity (Wildman–Crippen MR) is 97.1 cm³/mol. The van der Waals surface area contributed by atoms with Gasteiger partial charge < -0.3 is 14.6 Å². The first kappa shape index (κ1) is 16.7. The highest BCUT2D eigenvalue weighted by Gasteiger charge is 2.25. The van der Waals surface area contributed by atoms with E-state index in [4.69, 9.17) is 17.0 Å². The van der Waals surface area contributed by atoms with Crippen LogP contribution >= 0.6 is 12.2 Å². The Labute approximate surface area is 147 Å². The second-order valence-electron chi connectivity index (χ2n) is 6.29. The van der Waals surface area contributed by atoms with Gasteiger partial charge in [-0.15, -0.1) is 0 Å². The lowest BCUT2D eigenvalue weighted by molar-refractivity contribution is 0.0593. The molecule has 0 radical (unpaired) electrons. The third-order valence-electron chi connectivity index (χ3n) is 4.42. The monoisotopic (exact) mass is 342 g/mol. The molecule has 2 heterocycles. The summed E-state index contributed by atoms with van der Waals surface area (Å²) in [6.07, 6.45) is 3.56. The van der Waals surface area contributed by atoms with E-state index in [1.165, 1.54) is 5.56 Å². The number of piperidine rings is 1. The third-order valence-corrected chi connectivity index (χ3v) is 4.75. The minimum Gasteiger partial charge on any atom is -0.490 e. The van der Waals surface area contributed by atoms with Crippen LogP contribution in [-0.4, -0.2) is 35.0 Å². The molecule has 4 nitrogen and oxygen atoms in total. The Morgan fingerprint density at radius 3 is 2.71 bits per heavy atom. The van der Waals surface area contributed by atoms with E-state index in [1.807, 2.05) is 4.90 Å². The Hall–Kier alpha value is -2.14. The Morgan fingerprint density at radius 2 is 2.00 bits per heavy atom. The van der Waals surface area contributed by atoms with Gasteiger partial charge in [-0.2, -0.15) is 0 Å². The second kappa shape index (κ2) is 7.18. The fourth-order valence-corrected chi connectivity index (χ4v) is 3.17. The van der Waals surface area contributed by atoms with Crippen LogP contribution in [0.2, 0.25) is 0 Å². The van der Waals surface area contributed by atoms with Crippen LogP contribution in [0.5, 0.6) is 5.75 Å². The molecular formula is C19H22N2O2S. The normalized spacial score (nSPS) is 15.3. The summed E-state index contributed by atoms with van der Waals surface area (Å²) in [7, 11) is 0. The molecule has 5 heteroatoms. The lowest BCUT2D eigenvalue weighted by Crippen LogP contribution is -2.42. The van der Waals surface area contributed by atoms with Crippen LogP contribution in [0.1, 0.15) is 34.3 Å². The van der Waals surface area contributed by atoms with Crippen LogP contribution < -0.4 is 4.74 Å². The van der Waals surface area contributed by atoms with Gasteiger partial charge in [0.15, 0.2) is 0 Å². The van der Waals surface area contributed by atoms with Gasteiger partial charge in [0.2, 0.25) is 0 Å². The Bertz CT molecular complexity index is 792. The molecule has 2 aromatic rings. The molecule has 1 aromatic heterocycles. The van der Waals surface area contributed by atoms with Gasteiger partial charge in [0.1, 0.15) is 16.5 Å². The SMILES string of the molecule is Cc1ccc(C)c(OC2CCN(C(=O)c3ccc[nH]c3=S)CC2)c1. The molecule has 3 rings (SSSR count). The van der Waals surface area contributed by atoms with Crippen molar-refractivity contribution in [2.24, 2.45) is 0 Å². The lowest BCUT2D eigenvalue weighted by atomic mass is 10.1. The first-order valence-corrected chi connectivity index (χ1v) is 8.66. The largest absolute Gasteiger partial charge is 0.490 e. The smallest absolute Gasteiger partial charge is 0.256 e. The number of aryl methyl sites for hydroxylation is 2. The molecular weight excluding hydrogens is 320 g/mol. The summed E-state index contributed by atoms with van der Waals surface area (Å²) in [6.45, 7) is 5.51. The minimum absolute atomic E-state index is 0.00189. The average molecular weight is 342 g/mol. The van der Waals surface area contributed by atoms with Gasteiger partial charge in [-0.25, -0.2) is 0 Å². The van der Waals surface area contributed by atoms with Crippen LogP contribution in [-0.2, 0) is 0 Å². The van der Waals surface area contributed by atoms with E-state index in [2.05, 4.69) is 37.0 Å². The molecule has 1 aromatic carbocycles. The number of rotatable bonds is 3. The van der Waals surface area contributed by atoms with Crippen molar-refractivity contribution in [3.05, 3.63) is 57.9 Å². The number of hydrogen-bond acceptors (Lipinski definition) is 3. The van der Waals surface area contributed by atoms with Crippen molar-refractivity contribution in [3.8, 4) is 5.75 Å². The highest BCUT2D eigenvalue weighted by Crippen LogP contribution is 2.24. The molecule has 0 atom stereocenters. The van der Waals surface area contributed by atoms with Crippen molar-refractivity contribution in [1.82, 2.24) is 9.88 Å². The van der Waals surface area contributed by atoms with Gasteiger partial charge in [-0.1, -0.05) is 24.4 Å². The number of nitrogens with one attached hydrogen (secondary N) is 1. The maximum absolute atomic E-state index is 12.6. The summed E-state index contributed by atoms with van der Waals surface area (Å²) in [6, 6.07) is 9.84. The first-order valence-electron chi connectivity index (χ1n) is 8.25. The molecule has 0 unspecified atom stereocenters. The quantitative estimate of drug-likeness (QED) is 0.856.